The van der Waals surface area contributed by atoms with Crippen molar-refractivity contribution in [1.29, 1.82) is 0 Å². The van der Waals surface area contributed by atoms with E-state index in [2.05, 4.69) is 10.6 Å². The number of aliphatic hydroxyl groups is 1. The van der Waals surface area contributed by atoms with Crippen molar-refractivity contribution in [3.8, 4) is 0 Å². The second kappa shape index (κ2) is 6.20. The molecular weight excluding hydrogens is 242 g/mol. The number of aliphatic hydroxyl groups excluding tert-OH is 1. The average Bonchev–Trinajstić information content (AvgIpc) is 2.69. The van der Waals surface area contributed by atoms with Crippen molar-refractivity contribution >= 4 is 17.9 Å². The van der Waals surface area contributed by atoms with E-state index in [1.165, 1.54) is 0 Å². The van der Waals surface area contributed by atoms with Crippen LogP contribution in [0.1, 0.15) is 13.3 Å². The molecule has 0 aromatic rings. The van der Waals surface area contributed by atoms with E-state index in [1.54, 1.807) is 6.92 Å². The molecule has 18 heavy (non-hydrogen) atoms. The third-order valence-corrected chi connectivity index (χ3v) is 2.60. The summed E-state index contributed by atoms with van der Waals surface area (Å²) in [6, 6.07) is -1.71. The number of carbonyl (C=O) groups excluding carboxylic acids is 2. The van der Waals surface area contributed by atoms with E-state index >= 15 is 0 Å². The van der Waals surface area contributed by atoms with Crippen LogP contribution in [-0.2, 0) is 9.59 Å². The van der Waals surface area contributed by atoms with Crippen LogP contribution in [0.2, 0.25) is 0 Å². The number of carboxylic acids is 1. The molecule has 0 aromatic carbocycles. The van der Waals surface area contributed by atoms with E-state index < -0.39 is 24.1 Å². The second-order valence-corrected chi connectivity index (χ2v) is 4.01. The minimum Gasteiger partial charge on any atom is -0.480 e. The first-order valence-electron chi connectivity index (χ1n) is 5.67. The number of hydrogen-bond acceptors (Lipinski definition) is 4. The molecule has 1 heterocycles. The predicted molar refractivity (Wildman–Crippen MR) is 60.8 cm³/mol. The van der Waals surface area contributed by atoms with E-state index in [9.17, 15) is 19.5 Å². The molecule has 4 N–H and O–H groups in total. The highest BCUT2D eigenvalue weighted by molar-refractivity contribution is 5.87. The lowest BCUT2D eigenvalue weighted by Gasteiger charge is -2.21. The molecule has 0 radical (unpaired) electrons. The van der Waals surface area contributed by atoms with Gasteiger partial charge in [0.05, 0.1) is 12.6 Å². The number of β-amino-alcohol motifs (C(OH)–C–C–N with tert-alkyl or cyclic N) is 1. The molecule has 1 fully saturated rings. The van der Waals surface area contributed by atoms with Crippen LogP contribution in [0.3, 0.4) is 0 Å². The molecule has 0 aliphatic carbocycles. The van der Waals surface area contributed by atoms with Crippen molar-refractivity contribution in [3.05, 3.63) is 0 Å². The number of nitrogens with one attached hydrogen (secondary N) is 2. The summed E-state index contributed by atoms with van der Waals surface area (Å²) < 4.78 is 0. The first-order chi connectivity index (χ1) is 8.45. The Kier molecular flexibility index (Phi) is 4.90. The Morgan fingerprint density at radius 2 is 2.00 bits per heavy atom. The first kappa shape index (κ1) is 14.2. The van der Waals surface area contributed by atoms with E-state index in [4.69, 9.17) is 5.11 Å². The van der Waals surface area contributed by atoms with Crippen LogP contribution in [0.4, 0.5) is 4.79 Å². The molecule has 8 heteroatoms. The summed E-state index contributed by atoms with van der Waals surface area (Å²) in [7, 11) is 0. The lowest BCUT2D eigenvalue weighted by molar-refractivity contribution is -0.141. The number of aliphatic carboxylic acids is 1. The van der Waals surface area contributed by atoms with Crippen LogP contribution >= 0.6 is 0 Å². The van der Waals surface area contributed by atoms with Gasteiger partial charge in [-0.15, -0.1) is 0 Å². The topological polar surface area (TPSA) is 119 Å². The fraction of sp³-hybridized carbons (Fsp3) is 0.700. The summed E-state index contributed by atoms with van der Waals surface area (Å²) in [5.74, 6) is -1.52. The summed E-state index contributed by atoms with van der Waals surface area (Å²) >= 11 is 0. The summed E-state index contributed by atoms with van der Waals surface area (Å²) in [5.41, 5.74) is 0. The zero-order valence-electron chi connectivity index (χ0n) is 10.0. The second-order valence-electron chi connectivity index (χ2n) is 4.01. The van der Waals surface area contributed by atoms with Gasteiger partial charge >= 0.3 is 12.0 Å². The molecule has 8 nitrogen and oxygen atoms in total. The van der Waals surface area contributed by atoms with E-state index in [0.29, 0.717) is 6.54 Å². The number of urea groups is 1. The van der Waals surface area contributed by atoms with Crippen molar-refractivity contribution < 1.29 is 24.6 Å². The minimum absolute atomic E-state index is 0.00388. The van der Waals surface area contributed by atoms with E-state index in [0.717, 1.165) is 4.90 Å². The van der Waals surface area contributed by atoms with Crippen LogP contribution in [0.5, 0.6) is 0 Å². The monoisotopic (exact) mass is 259 g/mol. The molecular formula is C10H17N3O5. The Labute approximate surface area is 104 Å². The van der Waals surface area contributed by atoms with Gasteiger partial charge in [0.2, 0.25) is 5.91 Å². The molecule has 0 spiro atoms. The number of amides is 3. The molecule has 3 amide bonds. The molecule has 1 saturated heterocycles. The van der Waals surface area contributed by atoms with Crippen LogP contribution < -0.4 is 10.6 Å². The maximum atomic E-state index is 11.7. The Bertz CT molecular complexity index is 346. The van der Waals surface area contributed by atoms with E-state index in [1.807, 2.05) is 0 Å². The van der Waals surface area contributed by atoms with Gasteiger partial charge in [0.1, 0.15) is 6.04 Å². The van der Waals surface area contributed by atoms with Crippen LogP contribution in [0, 0.1) is 0 Å². The van der Waals surface area contributed by atoms with Gasteiger partial charge in [-0.3, -0.25) is 4.79 Å². The number of likely N-dealkylation sites (N-methyl/N-ethyl adjacent to an activating group) is 1. The van der Waals surface area contributed by atoms with Crippen molar-refractivity contribution in [2.75, 3.05) is 19.6 Å². The van der Waals surface area contributed by atoms with Gasteiger partial charge in [-0.25, -0.2) is 9.59 Å². The summed E-state index contributed by atoms with van der Waals surface area (Å²) in [4.78, 5) is 34.7. The van der Waals surface area contributed by atoms with Crippen molar-refractivity contribution in [3.63, 3.8) is 0 Å². The van der Waals surface area contributed by atoms with Crippen molar-refractivity contribution in [2.45, 2.75) is 25.5 Å². The number of carboxylic acid groups (broad SMARTS) is 1. The smallest absolute Gasteiger partial charge is 0.326 e. The zero-order chi connectivity index (χ0) is 13.7. The van der Waals surface area contributed by atoms with Gasteiger partial charge in [0.15, 0.2) is 0 Å². The minimum atomic E-state index is -1.17. The standard InChI is InChI=1S/C10H17N3O5/c1-2-11-8(15)4-12-10(18)13-5-6(14)3-7(13)9(16)17/h6-7,14H,2-5H2,1H3,(H,11,15)(H,12,18)(H,16,17). The third kappa shape index (κ3) is 3.59. The Hall–Kier alpha value is -1.83. The number of hydrogen-bond donors (Lipinski definition) is 4. The molecule has 0 bridgehead atoms. The molecule has 1 aliphatic rings. The van der Waals surface area contributed by atoms with Gasteiger partial charge < -0.3 is 25.7 Å². The molecule has 0 aromatic heterocycles. The van der Waals surface area contributed by atoms with Gasteiger partial charge in [-0.1, -0.05) is 0 Å². The van der Waals surface area contributed by atoms with Gasteiger partial charge in [0.25, 0.3) is 0 Å². The van der Waals surface area contributed by atoms with Crippen molar-refractivity contribution in [2.24, 2.45) is 0 Å². The van der Waals surface area contributed by atoms with Crippen LogP contribution in [0.15, 0.2) is 0 Å². The highest BCUT2D eigenvalue weighted by Gasteiger charge is 2.38. The molecule has 2 atom stereocenters. The lowest BCUT2D eigenvalue weighted by atomic mass is 10.2. The lowest BCUT2D eigenvalue weighted by Crippen LogP contribution is -2.48. The number of likely N-dealkylation sites (tertiary alicyclic amines) is 1. The third-order valence-electron chi connectivity index (χ3n) is 2.60. The zero-order valence-corrected chi connectivity index (χ0v) is 10.0. The fourth-order valence-corrected chi connectivity index (χ4v) is 1.79. The predicted octanol–water partition coefficient (Wildman–Crippen LogP) is -1.65. The maximum Gasteiger partial charge on any atom is 0.326 e. The Morgan fingerprint density at radius 1 is 1.33 bits per heavy atom. The summed E-state index contributed by atoms with van der Waals surface area (Å²) in [5, 5.41) is 23.1. The quantitative estimate of drug-likeness (QED) is 0.482. The highest BCUT2D eigenvalue weighted by atomic mass is 16.4. The maximum absolute atomic E-state index is 11.7. The number of nitrogens with zero attached hydrogens (tertiary/aromatic N) is 1. The van der Waals surface area contributed by atoms with Crippen LogP contribution in [0.25, 0.3) is 0 Å². The summed E-state index contributed by atoms with van der Waals surface area (Å²) in [6.45, 7) is 1.94. The SMILES string of the molecule is CCNC(=O)CNC(=O)N1CC(O)CC1C(=O)O. The van der Waals surface area contributed by atoms with Gasteiger partial charge in [-0.05, 0) is 6.92 Å². The van der Waals surface area contributed by atoms with Crippen LogP contribution in [-0.4, -0.2) is 64.8 Å². The average molecular weight is 259 g/mol. The largest absolute Gasteiger partial charge is 0.480 e. The molecule has 1 rings (SSSR count). The molecule has 2 unspecified atom stereocenters. The molecule has 1 aliphatic heterocycles. The van der Waals surface area contributed by atoms with Gasteiger partial charge in [0, 0.05) is 19.5 Å². The fourth-order valence-electron chi connectivity index (χ4n) is 1.79. The first-order valence-corrected chi connectivity index (χ1v) is 5.67. The Morgan fingerprint density at radius 3 is 2.56 bits per heavy atom. The van der Waals surface area contributed by atoms with E-state index in [-0.39, 0.29) is 25.4 Å². The Balaban J connectivity index is 2.50. The summed E-state index contributed by atoms with van der Waals surface area (Å²) in [6.07, 6.45) is -0.842. The molecule has 102 valence electrons. The highest BCUT2D eigenvalue weighted by Crippen LogP contribution is 2.17. The number of rotatable bonds is 4. The van der Waals surface area contributed by atoms with Crippen molar-refractivity contribution in [1.82, 2.24) is 15.5 Å². The number of carbonyl (C=O) groups is 3. The normalized spacial score (nSPS) is 22.7. The van der Waals surface area contributed by atoms with Gasteiger partial charge in [-0.2, -0.15) is 0 Å². The molecule has 0 saturated carbocycles.